The minimum Gasteiger partial charge on any atom is -0.484 e. The first kappa shape index (κ1) is 13.1. The highest BCUT2D eigenvalue weighted by atomic mass is 16.5. The molecule has 0 amide bonds. The summed E-state index contributed by atoms with van der Waals surface area (Å²) in [6.07, 6.45) is 3.53. The quantitative estimate of drug-likeness (QED) is 0.746. The van der Waals surface area contributed by atoms with E-state index in [1.54, 1.807) is 0 Å². The highest BCUT2D eigenvalue weighted by Crippen LogP contribution is 2.65. The molecule has 0 radical (unpaired) electrons. The van der Waals surface area contributed by atoms with Gasteiger partial charge in [0.2, 0.25) is 0 Å². The molecule has 0 aromatic heterocycles. The third-order valence-electron chi connectivity index (χ3n) is 6.90. The maximum atomic E-state index is 11.8. The van der Waals surface area contributed by atoms with Crippen LogP contribution in [-0.2, 0) is 11.8 Å². The zero-order valence-electron chi connectivity index (χ0n) is 13.4. The average molecular weight is 297 g/mol. The highest BCUT2D eigenvalue weighted by Gasteiger charge is 2.71. The van der Waals surface area contributed by atoms with Gasteiger partial charge in [0.15, 0.2) is 0 Å². The molecular weight excluding hydrogens is 274 g/mol. The Morgan fingerprint density at radius 1 is 1.36 bits per heavy atom. The van der Waals surface area contributed by atoms with Crippen LogP contribution in [0.3, 0.4) is 0 Å². The van der Waals surface area contributed by atoms with Gasteiger partial charge in [-0.3, -0.25) is 0 Å². The Morgan fingerprint density at radius 2 is 2.18 bits per heavy atom. The number of rotatable bonds is 0. The molecule has 3 nitrogen and oxygen atoms in total. The molecule has 4 atom stereocenters. The van der Waals surface area contributed by atoms with Crippen molar-refractivity contribution in [1.82, 2.24) is 4.90 Å². The molecule has 2 aliphatic heterocycles. The molecule has 2 bridgehead atoms. The van der Waals surface area contributed by atoms with E-state index in [0.717, 1.165) is 43.6 Å². The van der Waals surface area contributed by atoms with Crippen molar-refractivity contribution in [1.29, 1.82) is 0 Å². The second-order valence-electron chi connectivity index (χ2n) is 7.75. The topological polar surface area (TPSA) is 32.7 Å². The number of ether oxygens (including phenoxy) is 1. The molecule has 1 saturated heterocycles. The molecule has 1 saturated carbocycles. The van der Waals surface area contributed by atoms with Crippen LogP contribution in [0.4, 0.5) is 0 Å². The van der Waals surface area contributed by atoms with Gasteiger partial charge in [-0.05, 0) is 62.9 Å². The Morgan fingerprint density at radius 3 is 3.00 bits per heavy atom. The van der Waals surface area contributed by atoms with E-state index in [2.05, 4.69) is 37.6 Å². The Bertz CT molecular complexity index is 712. The van der Waals surface area contributed by atoms with Gasteiger partial charge < -0.3 is 14.7 Å². The summed E-state index contributed by atoms with van der Waals surface area (Å²) in [5, 5.41) is 11.8. The molecule has 2 fully saturated rings. The monoisotopic (exact) mass is 297 g/mol. The van der Waals surface area contributed by atoms with Crippen molar-refractivity contribution in [2.75, 3.05) is 13.6 Å². The summed E-state index contributed by atoms with van der Waals surface area (Å²) in [5.74, 6) is 1.03. The minimum absolute atomic E-state index is 0.0439. The van der Waals surface area contributed by atoms with Crippen LogP contribution in [-0.4, -0.2) is 41.3 Å². The first-order valence-corrected chi connectivity index (χ1v) is 8.39. The Labute approximate surface area is 131 Å². The fourth-order valence-electron chi connectivity index (χ4n) is 5.81. The Balaban J connectivity index is 1.88. The third kappa shape index (κ3) is 1.17. The van der Waals surface area contributed by atoms with E-state index in [4.69, 9.17) is 4.74 Å². The zero-order valence-corrected chi connectivity index (χ0v) is 13.4. The Hall–Kier alpha value is -1.32. The van der Waals surface area contributed by atoms with Crippen LogP contribution >= 0.6 is 0 Å². The maximum Gasteiger partial charge on any atom is 0.132 e. The van der Waals surface area contributed by atoms with Crippen LogP contribution in [0.15, 0.2) is 24.3 Å². The smallest absolute Gasteiger partial charge is 0.132 e. The number of likely N-dealkylation sites (tertiary alicyclic amines) is 1. The van der Waals surface area contributed by atoms with E-state index in [9.17, 15) is 5.11 Å². The van der Waals surface area contributed by atoms with Gasteiger partial charge in [0.05, 0.1) is 11.0 Å². The van der Waals surface area contributed by atoms with Crippen molar-refractivity contribution in [2.45, 2.75) is 55.8 Å². The predicted molar refractivity (Wildman–Crippen MR) is 85.3 cm³/mol. The molecule has 1 spiro atoms. The summed E-state index contributed by atoms with van der Waals surface area (Å²) in [5.41, 5.74) is 4.09. The lowest BCUT2D eigenvalue weighted by molar-refractivity contribution is -0.168. The van der Waals surface area contributed by atoms with E-state index >= 15 is 0 Å². The number of aryl methyl sites for hydroxylation is 1. The third-order valence-corrected chi connectivity index (χ3v) is 6.90. The second-order valence-corrected chi connectivity index (χ2v) is 7.75. The van der Waals surface area contributed by atoms with E-state index in [0.29, 0.717) is 0 Å². The molecule has 1 N–H and O–H groups in total. The first-order valence-electron chi connectivity index (χ1n) is 8.39. The van der Waals surface area contributed by atoms with Crippen molar-refractivity contribution in [3.05, 3.63) is 41.0 Å². The molecule has 1 aromatic carbocycles. The SMILES string of the molecule is C=C1CC[C@]2(O)[C@@H]3Cc4ccc(C)c5c4[C@]2(CCN3C)C1O5. The molecule has 2 aliphatic carbocycles. The molecular formula is C19H23NO2. The molecule has 2 heterocycles. The van der Waals surface area contributed by atoms with Crippen LogP contribution in [0, 0.1) is 6.92 Å². The highest BCUT2D eigenvalue weighted by molar-refractivity contribution is 5.61. The van der Waals surface area contributed by atoms with Crippen LogP contribution in [0.5, 0.6) is 5.75 Å². The van der Waals surface area contributed by atoms with E-state index < -0.39 is 5.60 Å². The van der Waals surface area contributed by atoms with E-state index in [-0.39, 0.29) is 17.6 Å². The van der Waals surface area contributed by atoms with Gasteiger partial charge in [-0.25, -0.2) is 0 Å². The van der Waals surface area contributed by atoms with E-state index in [1.807, 2.05) is 0 Å². The summed E-state index contributed by atoms with van der Waals surface area (Å²) < 4.78 is 6.44. The Kier molecular flexibility index (Phi) is 2.25. The van der Waals surface area contributed by atoms with E-state index in [1.165, 1.54) is 16.7 Å². The normalized spacial score (nSPS) is 42.0. The average Bonchev–Trinajstić information content (AvgIpc) is 2.85. The summed E-state index contributed by atoms with van der Waals surface area (Å²) in [4.78, 5) is 2.36. The summed E-state index contributed by atoms with van der Waals surface area (Å²) in [7, 11) is 2.16. The molecule has 1 aromatic rings. The lowest BCUT2D eigenvalue weighted by Gasteiger charge is -2.62. The fourth-order valence-corrected chi connectivity index (χ4v) is 5.81. The molecule has 4 aliphatic rings. The number of hydrogen-bond donors (Lipinski definition) is 1. The first-order chi connectivity index (χ1) is 10.5. The maximum absolute atomic E-state index is 11.8. The largest absolute Gasteiger partial charge is 0.484 e. The van der Waals surface area contributed by atoms with Crippen molar-refractivity contribution in [2.24, 2.45) is 0 Å². The van der Waals surface area contributed by atoms with Crippen molar-refractivity contribution in [3.63, 3.8) is 0 Å². The standard InChI is InChI=1S/C19H23NO2/c1-11-4-5-13-10-14-19(21)7-6-12(2)17-18(19,8-9-20(14)3)15(13)16(11)22-17/h4-5,14,17,21H,2,6-10H2,1,3H3/t14-,17?,18+,19-/m0/s1. The summed E-state index contributed by atoms with van der Waals surface area (Å²) >= 11 is 0. The van der Waals surface area contributed by atoms with Gasteiger partial charge in [0.25, 0.3) is 0 Å². The number of hydrogen-bond acceptors (Lipinski definition) is 3. The van der Waals surface area contributed by atoms with Crippen LogP contribution in [0.2, 0.25) is 0 Å². The van der Waals surface area contributed by atoms with Crippen molar-refractivity contribution in [3.8, 4) is 5.75 Å². The van der Waals surface area contributed by atoms with Crippen LogP contribution in [0.1, 0.15) is 36.0 Å². The lowest BCUT2D eigenvalue weighted by atomic mass is 9.48. The van der Waals surface area contributed by atoms with Crippen molar-refractivity contribution >= 4 is 0 Å². The molecule has 1 unspecified atom stereocenters. The number of benzene rings is 1. The van der Waals surface area contributed by atoms with Gasteiger partial charge in [-0.15, -0.1) is 0 Å². The van der Waals surface area contributed by atoms with Gasteiger partial charge in [-0.1, -0.05) is 18.7 Å². The molecule has 22 heavy (non-hydrogen) atoms. The molecule has 3 heteroatoms. The van der Waals surface area contributed by atoms with Gasteiger partial charge >= 0.3 is 0 Å². The van der Waals surface area contributed by atoms with Crippen LogP contribution in [0.25, 0.3) is 0 Å². The predicted octanol–water partition coefficient (Wildman–Crippen LogP) is 2.34. The van der Waals surface area contributed by atoms with Gasteiger partial charge in [-0.2, -0.15) is 0 Å². The number of nitrogens with zero attached hydrogens (tertiary/aromatic N) is 1. The molecule has 5 rings (SSSR count). The van der Waals surface area contributed by atoms with Crippen molar-refractivity contribution < 1.29 is 9.84 Å². The van der Waals surface area contributed by atoms with Gasteiger partial charge in [0, 0.05) is 11.6 Å². The zero-order chi connectivity index (χ0) is 15.3. The number of aliphatic hydroxyl groups is 1. The fraction of sp³-hybridized carbons (Fsp3) is 0.579. The second kappa shape index (κ2) is 3.77. The minimum atomic E-state index is -0.683. The lowest BCUT2D eigenvalue weighted by Crippen LogP contribution is -2.74. The summed E-state index contributed by atoms with van der Waals surface area (Å²) in [6.45, 7) is 7.44. The number of likely N-dealkylation sites (N-methyl/N-ethyl adjacent to an activating group) is 1. The molecule has 116 valence electrons. The number of piperidine rings is 1. The summed E-state index contributed by atoms with van der Waals surface area (Å²) in [6, 6.07) is 4.62. The van der Waals surface area contributed by atoms with Gasteiger partial charge in [0.1, 0.15) is 11.9 Å². The van der Waals surface area contributed by atoms with Crippen LogP contribution < -0.4 is 4.74 Å².